The van der Waals surface area contributed by atoms with Crippen LogP contribution >= 0.6 is 0 Å². The average Bonchev–Trinajstić information content (AvgIpc) is 2.54. The summed E-state index contributed by atoms with van der Waals surface area (Å²) >= 11 is 0. The maximum atomic E-state index is 4.17. The summed E-state index contributed by atoms with van der Waals surface area (Å²) < 4.78 is 0. The number of quaternary nitrogens is 2. The van der Waals surface area contributed by atoms with E-state index in [0.29, 0.717) is 5.92 Å². The maximum absolute atomic E-state index is 4.17. The van der Waals surface area contributed by atoms with Crippen molar-refractivity contribution in [3.8, 4) is 0 Å². The number of amidine groups is 2. The first-order valence-corrected chi connectivity index (χ1v) is 4.65. The number of nitrogens with two attached hydrogens (primary N) is 2. The van der Waals surface area contributed by atoms with Gasteiger partial charge in [0.25, 0.3) is 0 Å². The quantitative estimate of drug-likeness (QED) is 0.457. The summed E-state index contributed by atoms with van der Waals surface area (Å²) in [5, 5.41) is 12.7. The normalized spacial score (nSPS) is 25.6. The van der Waals surface area contributed by atoms with Gasteiger partial charge in [0, 0.05) is 6.92 Å². The molecule has 0 aliphatic carbocycles. The Labute approximate surface area is 96.4 Å². The molecule has 1 unspecified atom stereocenters. The summed E-state index contributed by atoms with van der Waals surface area (Å²) in [5.41, 5.74) is 0. The Balaban J connectivity index is 0.000000845. The van der Waals surface area contributed by atoms with Crippen molar-refractivity contribution < 1.29 is 35.4 Å². The molecule has 2 heterocycles. The van der Waals surface area contributed by atoms with E-state index in [1.165, 1.54) is 31.8 Å². The van der Waals surface area contributed by atoms with Crippen LogP contribution in [-0.2, 0) is 0 Å². The predicted molar refractivity (Wildman–Crippen MR) is 46.9 cm³/mol. The van der Waals surface area contributed by atoms with E-state index in [1.54, 1.807) is 0 Å². The van der Waals surface area contributed by atoms with E-state index in [-0.39, 0.29) is 24.8 Å². The van der Waals surface area contributed by atoms with E-state index in [9.17, 15) is 0 Å². The van der Waals surface area contributed by atoms with E-state index in [2.05, 4.69) is 20.8 Å². The second kappa shape index (κ2) is 6.35. The Morgan fingerprint density at radius 2 is 2.07 bits per heavy atom. The SMILES string of the molecule is CC1=NN=C(C2CCC[NH2+]C2)[NH2+]1.[Cl-].[Cl-]. The molecule has 0 radical (unpaired) electrons. The lowest BCUT2D eigenvalue weighted by atomic mass is 9.98. The Morgan fingerprint density at radius 1 is 1.29 bits per heavy atom. The van der Waals surface area contributed by atoms with E-state index in [1.807, 2.05) is 6.92 Å². The fraction of sp³-hybridized carbons (Fsp3) is 0.750. The summed E-state index contributed by atoms with van der Waals surface area (Å²) in [6.45, 7) is 4.48. The molecule has 1 fully saturated rings. The lowest BCUT2D eigenvalue weighted by molar-refractivity contribution is -0.667. The minimum atomic E-state index is 0. The smallest absolute Gasteiger partial charge is 0.234 e. The number of hydrogen-bond acceptors (Lipinski definition) is 2. The molecule has 4 nitrogen and oxygen atoms in total. The van der Waals surface area contributed by atoms with Gasteiger partial charge in [0.2, 0.25) is 11.7 Å². The lowest BCUT2D eigenvalue weighted by Crippen LogP contribution is -3.00. The first-order valence-electron chi connectivity index (χ1n) is 4.65. The van der Waals surface area contributed by atoms with Gasteiger partial charge >= 0.3 is 0 Å². The Morgan fingerprint density at radius 3 is 2.57 bits per heavy atom. The molecule has 2 aliphatic rings. The van der Waals surface area contributed by atoms with E-state index in [4.69, 9.17) is 0 Å². The number of hydrogen-bond donors (Lipinski definition) is 2. The zero-order chi connectivity index (χ0) is 8.39. The third-order valence-electron chi connectivity index (χ3n) is 2.51. The van der Waals surface area contributed by atoms with Crippen LogP contribution in [0, 0.1) is 5.92 Å². The van der Waals surface area contributed by atoms with Crippen LogP contribution in [0.5, 0.6) is 0 Å². The van der Waals surface area contributed by atoms with Gasteiger partial charge in [-0.1, -0.05) is 10.2 Å². The van der Waals surface area contributed by atoms with Crippen LogP contribution in [0.1, 0.15) is 19.8 Å². The minimum absolute atomic E-state index is 0. The third-order valence-corrected chi connectivity index (χ3v) is 2.51. The van der Waals surface area contributed by atoms with Crippen LogP contribution in [0.15, 0.2) is 10.2 Å². The molecule has 2 rings (SSSR count). The summed E-state index contributed by atoms with van der Waals surface area (Å²) in [7, 11) is 0. The van der Waals surface area contributed by atoms with Gasteiger partial charge in [-0.2, -0.15) is 0 Å². The molecule has 6 heteroatoms. The minimum Gasteiger partial charge on any atom is -1.00 e. The van der Waals surface area contributed by atoms with Crippen molar-refractivity contribution in [2.45, 2.75) is 19.8 Å². The van der Waals surface area contributed by atoms with Gasteiger partial charge in [-0.05, 0) is 12.8 Å². The van der Waals surface area contributed by atoms with Crippen LogP contribution in [-0.4, -0.2) is 24.8 Å². The second-order valence-electron chi connectivity index (χ2n) is 3.56. The van der Waals surface area contributed by atoms with E-state index >= 15 is 0 Å². The van der Waals surface area contributed by atoms with Gasteiger partial charge in [0.15, 0.2) is 0 Å². The molecule has 0 aromatic rings. The zero-order valence-corrected chi connectivity index (χ0v) is 9.72. The highest BCUT2D eigenvalue weighted by molar-refractivity contribution is 5.88. The topological polar surface area (TPSA) is 57.9 Å². The van der Waals surface area contributed by atoms with Crippen molar-refractivity contribution in [2.75, 3.05) is 13.1 Å². The molecule has 0 bridgehead atoms. The molecule has 0 aromatic heterocycles. The van der Waals surface area contributed by atoms with Gasteiger partial charge in [-0.3, -0.25) is 5.32 Å². The van der Waals surface area contributed by atoms with Crippen molar-refractivity contribution in [1.82, 2.24) is 0 Å². The Bertz CT molecular complexity index is 233. The lowest BCUT2D eigenvalue weighted by Gasteiger charge is -2.16. The largest absolute Gasteiger partial charge is 1.00 e. The molecule has 1 saturated heterocycles. The highest BCUT2D eigenvalue weighted by Crippen LogP contribution is 2.06. The molecule has 0 aromatic carbocycles. The van der Waals surface area contributed by atoms with Crippen LogP contribution in [0.25, 0.3) is 0 Å². The number of rotatable bonds is 1. The standard InChI is InChI=1S/C8H14N4.2ClH/c1-6-10-8(12-11-6)7-3-2-4-9-5-7;;/h7,9H,2-5H2,1H3,(H,10,11,12);2*1H. The van der Waals surface area contributed by atoms with Crippen molar-refractivity contribution >= 4 is 11.7 Å². The van der Waals surface area contributed by atoms with Gasteiger partial charge in [0.1, 0.15) is 5.92 Å². The van der Waals surface area contributed by atoms with Crippen molar-refractivity contribution in [3.05, 3.63) is 0 Å². The fourth-order valence-corrected chi connectivity index (χ4v) is 1.82. The maximum Gasteiger partial charge on any atom is 0.234 e. The molecular weight excluding hydrogens is 223 g/mol. The predicted octanol–water partition coefficient (Wildman–Crippen LogP) is -7.72. The van der Waals surface area contributed by atoms with E-state index < -0.39 is 0 Å². The molecule has 0 amide bonds. The number of nitrogens with zero attached hydrogens (tertiary/aromatic N) is 2. The highest BCUT2D eigenvalue weighted by atomic mass is 35.5. The first kappa shape index (κ1) is 13.8. The fourth-order valence-electron chi connectivity index (χ4n) is 1.82. The summed E-state index contributed by atoms with van der Waals surface area (Å²) in [5.74, 6) is 2.90. The summed E-state index contributed by atoms with van der Waals surface area (Å²) in [4.78, 5) is 0. The molecular formula is C8H16Cl2N4. The van der Waals surface area contributed by atoms with Gasteiger partial charge < -0.3 is 30.1 Å². The Hall–Kier alpha value is -0.160. The molecule has 14 heavy (non-hydrogen) atoms. The van der Waals surface area contributed by atoms with Crippen molar-refractivity contribution in [3.63, 3.8) is 0 Å². The van der Waals surface area contributed by atoms with Crippen LogP contribution in [0.4, 0.5) is 0 Å². The third kappa shape index (κ3) is 3.20. The average molecular weight is 239 g/mol. The van der Waals surface area contributed by atoms with Gasteiger partial charge in [0.05, 0.1) is 13.1 Å². The zero-order valence-electron chi connectivity index (χ0n) is 8.21. The molecule has 0 spiro atoms. The van der Waals surface area contributed by atoms with Crippen LogP contribution in [0.2, 0.25) is 0 Å². The van der Waals surface area contributed by atoms with Gasteiger partial charge in [-0.15, -0.1) is 0 Å². The number of halogens is 2. The monoisotopic (exact) mass is 238 g/mol. The molecule has 0 saturated carbocycles. The van der Waals surface area contributed by atoms with Crippen molar-refractivity contribution in [1.29, 1.82) is 0 Å². The summed E-state index contributed by atoms with van der Waals surface area (Å²) in [6, 6.07) is 0. The van der Waals surface area contributed by atoms with Gasteiger partial charge in [-0.25, -0.2) is 0 Å². The molecule has 1 atom stereocenters. The van der Waals surface area contributed by atoms with Crippen LogP contribution in [0.3, 0.4) is 0 Å². The number of piperidine rings is 1. The summed E-state index contributed by atoms with van der Waals surface area (Å²) in [6.07, 6.45) is 2.60. The first-order chi connectivity index (χ1) is 5.86. The van der Waals surface area contributed by atoms with E-state index in [0.717, 1.165) is 5.84 Å². The molecule has 2 aliphatic heterocycles. The molecule has 4 N–H and O–H groups in total. The highest BCUT2D eigenvalue weighted by Gasteiger charge is 2.28. The Kier molecular flexibility index (Phi) is 6.27. The van der Waals surface area contributed by atoms with Crippen LogP contribution < -0.4 is 35.4 Å². The van der Waals surface area contributed by atoms with Crippen molar-refractivity contribution in [2.24, 2.45) is 16.1 Å². The second-order valence-corrected chi connectivity index (χ2v) is 3.56. The molecule has 82 valence electrons.